The molecule has 3 rings (SSSR count). The van der Waals surface area contributed by atoms with Crippen molar-refractivity contribution in [1.82, 2.24) is 5.32 Å². The third-order valence-corrected chi connectivity index (χ3v) is 3.48. The third kappa shape index (κ3) is 3.19. The van der Waals surface area contributed by atoms with Crippen molar-refractivity contribution < 1.29 is 17.9 Å². The van der Waals surface area contributed by atoms with Gasteiger partial charge in [-0.25, -0.2) is 0 Å². The van der Waals surface area contributed by atoms with Crippen LogP contribution in [0.2, 0.25) is 0 Å². The molecule has 0 saturated carbocycles. The van der Waals surface area contributed by atoms with Gasteiger partial charge in [-0.1, -0.05) is 6.07 Å². The Labute approximate surface area is 120 Å². The molecule has 2 aromatic carbocycles. The topological polar surface area (TPSA) is 21.3 Å². The predicted octanol–water partition coefficient (Wildman–Crippen LogP) is 4.14. The molecule has 1 N–H and O–H groups in total. The molecule has 0 amide bonds. The van der Waals surface area contributed by atoms with E-state index in [2.05, 4.69) is 5.32 Å². The summed E-state index contributed by atoms with van der Waals surface area (Å²) >= 11 is 0. The Balaban J connectivity index is 1.77. The first-order chi connectivity index (χ1) is 10.0. The molecule has 1 aliphatic heterocycles. The number of benzene rings is 2. The zero-order chi connectivity index (χ0) is 14.9. The fourth-order valence-corrected chi connectivity index (χ4v) is 2.37. The normalized spacial score (nSPS) is 14.6. The van der Waals surface area contributed by atoms with E-state index in [1.165, 1.54) is 23.3 Å². The number of hydrogen-bond acceptors (Lipinski definition) is 2. The van der Waals surface area contributed by atoms with E-state index < -0.39 is 11.7 Å². The number of nitrogens with one attached hydrogen (secondary N) is 1. The van der Waals surface area contributed by atoms with Gasteiger partial charge in [0.15, 0.2) is 0 Å². The number of rotatable bonds is 2. The second-order valence-electron chi connectivity index (χ2n) is 4.98. The van der Waals surface area contributed by atoms with Gasteiger partial charge in [-0.3, -0.25) is 0 Å². The minimum absolute atomic E-state index is 0.395. The summed E-state index contributed by atoms with van der Waals surface area (Å²) in [7, 11) is 0. The van der Waals surface area contributed by atoms with Gasteiger partial charge in [-0.15, -0.1) is 0 Å². The molecule has 2 aromatic rings. The Morgan fingerprint density at radius 2 is 1.62 bits per heavy atom. The summed E-state index contributed by atoms with van der Waals surface area (Å²) < 4.78 is 43.1. The van der Waals surface area contributed by atoms with Crippen LogP contribution in [0.3, 0.4) is 0 Å². The van der Waals surface area contributed by atoms with Crippen molar-refractivity contribution in [2.45, 2.75) is 19.1 Å². The Hall–Kier alpha value is -2.01. The number of halogens is 3. The van der Waals surface area contributed by atoms with E-state index in [1.807, 2.05) is 18.2 Å². The van der Waals surface area contributed by atoms with Crippen LogP contribution in [0, 0.1) is 0 Å². The monoisotopic (exact) mass is 293 g/mol. The quantitative estimate of drug-likeness (QED) is 0.898. The number of fused-ring (bicyclic) bond motifs is 1. The highest BCUT2D eigenvalue weighted by molar-refractivity contribution is 5.40. The molecule has 0 radical (unpaired) electrons. The van der Waals surface area contributed by atoms with Crippen molar-refractivity contribution >= 4 is 0 Å². The average molecular weight is 293 g/mol. The summed E-state index contributed by atoms with van der Waals surface area (Å²) in [4.78, 5) is 0. The molecule has 110 valence electrons. The summed E-state index contributed by atoms with van der Waals surface area (Å²) in [6.07, 6.45) is -3.34. The first-order valence-electron chi connectivity index (χ1n) is 6.70. The molecule has 0 unspecified atom stereocenters. The zero-order valence-corrected chi connectivity index (χ0v) is 11.2. The van der Waals surface area contributed by atoms with Crippen molar-refractivity contribution in [2.24, 2.45) is 0 Å². The maximum Gasteiger partial charge on any atom is 0.416 e. The molecule has 0 saturated heterocycles. The Morgan fingerprint density at radius 1 is 0.905 bits per heavy atom. The summed E-state index contributed by atoms with van der Waals surface area (Å²) in [5.41, 5.74) is 1.78. The van der Waals surface area contributed by atoms with Gasteiger partial charge in [-0.2, -0.15) is 13.2 Å². The van der Waals surface area contributed by atoms with E-state index >= 15 is 0 Å². The molecule has 0 fully saturated rings. The number of hydrogen-bond donors (Lipinski definition) is 1. The maximum absolute atomic E-state index is 12.5. The molecule has 21 heavy (non-hydrogen) atoms. The van der Waals surface area contributed by atoms with Crippen LogP contribution in [0.15, 0.2) is 42.5 Å². The summed E-state index contributed by atoms with van der Waals surface area (Å²) in [6, 6.07) is 10.5. The van der Waals surface area contributed by atoms with Crippen LogP contribution in [0.1, 0.15) is 16.7 Å². The van der Waals surface area contributed by atoms with Crippen molar-refractivity contribution in [1.29, 1.82) is 0 Å². The van der Waals surface area contributed by atoms with Crippen molar-refractivity contribution in [3.63, 3.8) is 0 Å². The third-order valence-electron chi connectivity index (χ3n) is 3.48. The molecule has 5 heteroatoms. The van der Waals surface area contributed by atoms with Gasteiger partial charge in [0.1, 0.15) is 11.5 Å². The van der Waals surface area contributed by atoms with Gasteiger partial charge in [0.05, 0.1) is 5.56 Å². The van der Waals surface area contributed by atoms with E-state index in [0.717, 1.165) is 31.6 Å². The molecule has 0 bridgehead atoms. The Kier molecular flexibility index (Phi) is 3.59. The van der Waals surface area contributed by atoms with E-state index in [9.17, 15) is 13.2 Å². The molecule has 1 heterocycles. The van der Waals surface area contributed by atoms with Crippen LogP contribution in [0.4, 0.5) is 13.2 Å². The van der Waals surface area contributed by atoms with Gasteiger partial charge in [0, 0.05) is 6.54 Å². The molecule has 1 aliphatic rings. The highest BCUT2D eigenvalue weighted by Crippen LogP contribution is 2.31. The minimum Gasteiger partial charge on any atom is -0.457 e. The number of alkyl halides is 3. The van der Waals surface area contributed by atoms with Crippen LogP contribution < -0.4 is 10.1 Å². The predicted molar refractivity (Wildman–Crippen MR) is 73.4 cm³/mol. The lowest BCUT2D eigenvalue weighted by Crippen LogP contribution is -2.23. The first kappa shape index (κ1) is 13.9. The average Bonchev–Trinajstić information content (AvgIpc) is 2.47. The lowest BCUT2D eigenvalue weighted by molar-refractivity contribution is -0.137. The van der Waals surface area contributed by atoms with Crippen molar-refractivity contribution in [3.05, 3.63) is 59.2 Å². The van der Waals surface area contributed by atoms with Crippen LogP contribution in [-0.4, -0.2) is 6.54 Å². The minimum atomic E-state index is -4.32. The first-order valence-corrected chi connectivity index (χ1v) is 6.70. The van der Waals surface area contributed by atoms with Crippen molar-refractivity contribution in [3.8, 4) is 11.5 Å². The fraction of sp³-hybridized carbons (Fsp3) is 0.250. The lowest BCUT2D eigenvalue weighted by atomic mass is 10.0. The zero-order valence-electron chi connectivity index (χ0n) is 11.2. The lowest BCUT2D eigenvalue weighted by Gasteiger charge is -2.18. The smallest absolute Gasteiger partial charge is 0.416 e. The van der Waals surface area contributed by atoms with Crippen LogP contribution in [-0.2, 0) is 19.1 Å². The van der Waals surface area contributed by atoms with E-state index in [0.29, 0.717) is 11.5 Å². The molecule has 0 atom stereocenters. The molecular formula is C16H14F3NO. The second kappa shape index (κ2) is 5.41. The fourth-order valence-electron chi connectivity index (χ4n) is 2.37. The van der Waals surface area contributed by atoms with Gasteiger partial charge >= 0.3 is 6.18 Å². The molecule has 0 aromatic heterocycles. The molecule has 2 nitrogen and oxygen atoms in total. The van der Waals surface area contributed by atoms with Crippen LogP contribution >= 0.6 is 0 Å². The molecule has 0 spiro atoms. The van der Waals surface area contributed by atoms with E-state index in [1.54, 1.807) is 0 Å². The summed E-state index contributed by atoms with van der Waals surface area (Å²) in [5, 5.41) is 3.28. The van der Waals surface area contributed by atoms with Crippen LogP contribution in [0.5, 0.6) is 11.5 Å². The Bertz CT molecular complexity index is 635. The van der Waals surface area contributed by atoms with Crippen molar-refractivity contribution in [2.75, 3.05) is 6.54 Å². The van der Waals surface area contributed by atoms with E-state index in [-0.39, 0.29) is 0 Å². The van der Waals surface area contributed by atoms with E-state index in [4.69, 9.17) is 4.74 Å². The second-order valence-corrected chi connectivity index (χ2v) is 4.98. The standard InChI is InChI=1S/C16H14F3NO/c17-16(18,19)13-2-5-14(6-3-13)21-15-4-1-11-7-8-20-10-12(11)9-15/h1-6,9,20H,7-8,10H2. The summed E-state index contributed by atoms with van der Waals surface area (Å²) in [6.45, 7) is 1.76. The number of ether oxygens (including phenoxy) is 1. The van der Waals surface area contributed by atoms with Gasteiger partial charge < -0.3 is 10.1 Å². The largest absolute Gasteiger partial charge is 0.457 e. The highest BCUT2D eigenvalue weighted by Gasteiger charge is 2.30. The SMILES string of the molecule is FC(F)(F)c1ccc(Oc2ccc3c(c2)CNCC3)cc1. The van der Waals surface area contributed by atoms with Gasteiger partial charge in [-0.05, 0) is 60.5 Å². The highest BCUT2D eigenvalue weighted by atomic mass is 19.4. The Morgan fingerprint density at radius 3 is 2.33 bits per heavy atom. The maximum atomic E-state index is 12.5. The molecule has 0 aliphatic carbocycles. The van der Waals surface area contributed by atoms with Crippen LogP contribution in [0.25, 0.3) is 0 Å². The van der Waals surface area contributed by atoms with Gasteiger partial charge in [0.25, 0.3) is 0 Å². The molecular weight excluding hydrogens is 279 g/mol. The van der Waals surface area contributed by atoms with Gasteiger partial charge in [0.2, 0.25) is 0 Å². The summed E-state index contributed by atoms with van der Waals surface area (Å²) in [5.74, 6) is 1.03.